The van der Waals surface area contributed by atoms with Crippen molar-refractivity contribution in [3.63, 3.8) is 0 Å². The molecule has 0 aliphatic carbocycles. The summed E-state index contributed by atoms with van der Waals surface area (Å²) in [7, 11) is 2.12. The Bertz CT molecular complexity index is 271. The van der Waals surface area contributed by atoms with Crippen molar-refractivity contribution >= 4 is 25.0 Å². The van der Waals surface area contributed by atoms with Gasteiger partial charge in [-0.1, -0.05) is 0 Å². The van der Waals surface area contributed by atoms with E-state index in [-0.39, 0.29) is 0 Å². The quantitative estimate of drug-likeness (QED) is 0.702. The van der Waals surface area contributed by atoms with Crippen LogP contribution in [0.15, 0.2) is 24.3 Å². The van der Waals surface area contributed by atoms with Crippen LogP contribution in [-0.2, 0) is 0 Å². The molecule has 0 bridgehead atoms. The van der Waals surface area contributed by atoms with E-state index in [2.05, 4.69) is 28.2 Å². The van der Waals surface area contributed by atoms with E-state index in [4.69, 9.17) is 4.74 Å². The number of rotatable bonds is 2. The second-order valence-corrected chi connectivity index (χ2v) is 6.08. The summed E-state index contributed by atoms with van der Waals surface area (Å²) >= 11 is 2.06. The van der Waals surface area contributed by atoms with Crippen LogP contribution in [0.5, 0.6) is 5.75 Å². The largest absolute Gasteiger partial charge is 0.497 e. The van der Waals surface area contributed by atoms with Crippen LogP contribution < -0.4 is 9.41 Å². The predicted molar refractivity (Wildman–Crippen MR) is 62.5 cm³/mol. The number of nitrogens with zero attached hydrogens (tertiary/aromatic N) is 1. The monoisotopic (exact) mass is 214 g/mol. The molecule has 13 heavy (non-hydrogen) atoms. The van der Waals surface area contributed by atoms with Gasteiger partial charge in [0.05, 0.1) is 25.1 Å². The van der Waals surface area contributed by atoms with Crippen molar-refractivity contribution in [2.75, 3.05) is 24.1 Å². The molecule has 0 saturated carbocycles. The van der Waals surface area contributed by atoms with Crippen LogP contribution in [0, 0.1) is 0 Å². The summed E-state index contributed by atoms with van der Waals surface area (Å²) in [6, 6.07) is 8.32. The van der Waals surface area contributed by atoms with Crippen LogP contribution in [0.1, 0.15) is 0 Å². The lowest BCUT2D eigenvalue weighted by Gasteiger charge is -2.10. The summed E-state index contributed by atoms with van der Waals surface area (Å²) in [5, 5.41) is 0. The molecule has 2 rings (SSSR count). The highest BCUT2D eigenvalue weighted by atomic mass is 32.7. The first-order valence-corrected chi connectivity index (χ1v) is 7.24. The molecule has 0 aromatic heterocycles. The van der Waals surface area contributed by atoms with Crippen LogP contribution in [0.4, 0.5) is 5.69 Å². The molecular formula is C9H13NOPS+. The van der Waals surface area contributed by atoms with Gasteiger partial charge in [0, 0.05) is 11.4 Å². The van der Waals surface area contributed by atoms with E-state index in [1.165, 1.54) is 18.0 Å². The SMILES string of the molecule is COc1ccc(N2CCS[PH2+]2)cc1. The van der Waals surface area contributed by atoms with Crippen molar-refractivity contribution in [3.8, 4) is 5.75 Å². The second kappa shape index (κ2) is 4.21. The maximum Gasteiger partial charge on any atom is 0.138 e. The molecular weight excluding hydrogens is 201 g/mol. The van der Waals surface area contributed by atoms with E-state index in [9.17, 15) is 0 Å². The highest BCUT2D eigenvalue weighted by Gasteiger charge is 2.19. The highest BCUT2D eigenvalue weighted by Crippen LogP contribution is 2.43. The van der Waals surface area contributed by atoms with Crippen LogP contribution in [0.3, 0.4) is 0 Å². The molecule has 1 saturated heterocycles. The van der Waals surface area contributed by atoms with Crippen LogP contribution in [0.25, 0.3) is 0 Å². The number of hydrogen-bond donors (Lipinski definition) is 0. The molecule has 1 aromatic carbocycles. The van der Waals surface area contributed by atoms with E-state index in [1.807, 2.05) is 12.1 Å². The van der Waals surface area contributed by atoms with Crippen molar-refractivity contribution < 1.29 is 4.74 Å². The van der Waals surface area contributed by atoms with E-state index in [0.29, 0.717) is 7.93 Å². The predicted octanol–water partition coefficient (Wildman–Crippen LogP) is 2.49. The molecule has 0 spiro atoms. The number of benzene rings is 1. The Morgan fingerprint density at radius 2 is 2.15 bits per heavy atom. The van der Waals surface area contributed by atoms with Crippen molar-refractivity contribution in [1.82, 2.24) is 0 Å². The number of ether oxygens (including phenoxy) is 1. The average Bonchev–Trinajstić information content (AvgIpc) is 2.71. The van der Waals surface area contributed by atoms with Crippen molar-refractivity contribution in [2.45, 2.75) is 0 Å². The summed E-state index contributed by atoms with van der Waals surface area (Å²) in [4.78, 5) is 0. The fourth-order valence-electron chi connectivity index (χ4n) is 1.31. The first-order chi connectivity index (χ1) is 6.40. The normalized spacial score (nSPS) is 18.1. The van der Waals surface area contributed by atoms with Gasteiger partial charge in [-0.15, -0.1) is 0 Å². The van der Waals surface area contributed by atoms with E-state index >= 15 is 0 Å². The Morgan fingerprint density at radius 1 is 1.38 bits per heavy atom. The van der Waals surface area contributed by atoms with Gasteiger partial charge in [-0.2, -0.15) is 0 Å². The lowest BCUT2D eigenvalue weighted by atomic mass is 10.3. The first kappa shape index (κ1) is 9.17. The molecule has 1 aliphatic rings. The van der Waals surface area contributed by atoms with Gasteiger partial charge in [-0.25, -0.2) is 4.67 Å². The highest BCUT2D eigenvalue weighted by molar-refractivity contribution is 8.50. The first-order valence-electron chi connectivity index (χ1n) is 4.26. The summed E-state index contributed by atoms with van der Waals surface area (Å²) in [6.07, 6.45) is 0. The van der Waals surface area contributed by atoms with Gasteiger partial charge < -0.3 is 4.74 Å². The Kier molecular flexibility index (Phi) is 2.97. The standard InChI is InChI=1S/C9H12NOPS/c1-11-9-4-2-8(3-5-9)10-6-7-13-12-10/h2-5,12H,6-7H2,1H3/p+1. The molecule has 70 valence electrons. The minimum atomic E-state index is 0.417. The maximum absolute atomic E-state index is 5.11. The average molecular weight is 214 g/mol. The molecule has 0 amide bonds. The summed E-state index contributed by atoms with van der Waals surface area (Å²) in [5.74, 6) is 2.21. The summed E-state index contributed by atoms with van der Waals surface area (Å²) < 4.78 is 7.58. The Morgan fingerprint density at radius 3 is 2.69 bits per heavy atom. The third-order valence-electron chi connectivity index (χ3n) is 2.06. The smallest absolute Gasteiger partial charge is 0.138 e. The minimum Gasteiger partial charge on any atom is -0.497 e. The van der Waals surface area contributed by atoms with Gasteiger partial charge in [0.2, 0.25) is 0 Å². The van der Waals surface area contributed by atoms with Gasteiger partial charge in [-0.3, -0.25) is 0 Å². The number of methoxy groups -OCH3 is 1. The topological polar surface area (TPSA) is 12.5 Å². The van der Waals surface area contributed by atoms with Crippen LogP contribution in [0.2, 0.25) is 0 Å². The molecule has 2 nitrogen and oxygen atoms in total. The third kappa shape index (κ3) is 2.09. The van der Waals surface area contributed by atoms with Gasteiger partial charge in [0.15, 0.2) is 0 Å². The van der Waals surface area contributed by atoms with Gasteiger partial charge >= 0.3 is 0 Å². The molecule has 1 fully saturated rings. The van der Waals surface area contributed by atoms with Crippen LogP contribution >= 0.6 is 19.3 Å². The second-order valence-electron chi connectivity index (χ2n) is 2.87. The molecule has 1 aliphatic heterocycles. The van der Waals surface area contributed by atoms with Gasteiger partial charge in [0.25, 0.3) is 0 Å². The number of anilines is 1. The van der Waals surface area contributed by atoms with Gasteiger partial charge in [0.1, 0.15) is 13.7 Å². The zero-order valence-corrected chi connectivity index (χ0v) is 9.54. The summed E-state index contributed by atoms with van der Waals surface area (Å²) in [5.41, 5.74) is 1.33. The Hall–Kier alpha value is -0.400. The molecule has 0 N–H and O–H groups in total. The molecule has 1 heterocycles. The van der Waals surface area contributed by atoms with Crippen LogP contribution in [-0.4, -0.2) is 19.4 Å². The lowest BCUT2D eigenvalue weighted by Crippen LogP contribution is -2.08. The summed E-state index contributed by atoms with van der Waals surface area (Å²) in [6.45, 7) is 1.20. The van der Waals surface area contributed by atoms with Crippen molar-refractivity contribution in [2.24, 2.45) is 0 Å². The Labute approximate surface area is 84.2 Å². The lowest BCUT2D eigenvalue weighted by molar-refractivity contribution is 0.415. The Balaban J connectivity index is 2.12. The van der Waals surface area contributed by atoms with E-state index in [0.717, 1.165) is 5.75 Å². The zero-order chi connectivity index (χ0) is 9.10. The molecule has 1 aromatic rings. The molecule has 0 radical (unpaired) electrons. The van der Waals surface area contributed by atoms with Gasteiger partial charge in [-0.05, 0) is 24.3 Å². The van der Waals surface area contributed by atoms with Crippen molar-refractivity contribution in [1.29, 1.82) is 0 Å². The molecule has 4 heteroatoms. The van der Waals surface area contributed by atoms with Crippen molar-refractivity contribution in [3.05, 3.63) is 24.3 Å². The fraction of sp³-hybridized carbons (Fsp3) is 0.333. The molecule has 1 unspecified atom stereocenters. The fourth-order valence-corrected chi connectivity index (χ4v) is 4.47. The molecule has 1 atom stereocenters. The zero-order valence-electron chi connectivity index (χ0n) is 7.56. The minimum absolute atomic E-state index is 0.417. The van der Waals surface area contributed by atoms with E-state index < -0.39 is 0 Å². The maximum atomic E-state index is 5.11. The number of hydrogen-bond acceptors (Lipinski definition) is 3. The third-order valence-corrected chi connectivity index (χ3v) is 5.35. The van der Waals surface area contributed by atoms with E-state index in [1.54, 1.807) is 7.11 Å².